The highest BCUT2D eigenvalue weighted by atomic mass is 31.1. The van der Waals surface area contributed by atoms with Crippen LogP contribution in [0, 0.1) is 0 Å². The third-order valence-electron chi connectivity index (χ3n) is 4.65. The van der Waals surface area contributed by atoms with Crippen molar-refractivity contribution >= 4 is 31.8 Å². The number of benzene rings is 1. The number of rotatable bonds is 4. The molecule has 1 aliphatic rings. The van der Waals surface area contributed by atoms with Crippen molar-refractivity contribution in [3.63, 3.8) is 0 Å². The maximum atomic E-state index is 12.7. The first-order chi connectivity index (χ1) is 13.1. The van der Waals surface area contributed by atoms with Crippen LogP contribution in [0.4, 0.5) is 4.79 Å². The number of methoxy groups -OCH3 is 1. The highest BCUT2D eigenvalue weighted by molar-refractivity contribution is 7.35. The number of nitrogens with one attached hydrogen (secondary N) is 1. The van der Waals surface area contributed by atoms with E-state index < -0.39 is 6.09 Å². The third-order valence-corrected chi connectivity index (χ3v) is 5.65. The summed E-state index contributed by atoms with van der Waals surface area (Å²) in [4.78, 5) is 32.6. The molecule has 0 spiro atoms. The molecule has 2 amide bonds. The molecular formula is C18H18N5O3P. The molecule has 27 heavy (non-hydrogen) atoms. The molecule has 138 valence electrons. The minimum absolute atomic E-state index is 0.0197. The standard InChI is InChI=1S/C18H18N5O3P/c1-26-18(25)20-9-15-14-7-12(3-4-13(14)17(24)23(15)27-2)22-6-5-11-8-19-10-21-16(11)22/h3-8,10,15,27H,9H2,1-2H3,(H,20,25). The van der Waals surface area contributed by atoms with Gasteiger partial charge < -0.3 is 19.3 Å². The van der Waals surface area contributed by atoms with Crippen molar-refractivity contribution in [1.29, 1.82) is 0 Å². The van der Waals surface area contributed by atoms with Gasteiger partial charge in [-0.25, -0.2) is 14.8 Å². The summed E-state index contributed by atoms with van der Waals surface area (Å²) in [5.41, 5.74) is 3.25. The molecule has 2 atom stereocenters. The number of nitrogens with zero attached hydrogens (tertiary/aromatic N) is 4. The van der Waals surface area contributed by atoms with Crippen LogP contribution >= 0.6 is 8.73 Å². The highest BCUT2D eigenvalue weighted by Gasteiger charge is 2.36. The fraction of sp³-hybridized carbons (Fsp3) is 0.222. The summed E-state index contributed by atoms with van der Waals surface area (Å²) in [7, 11) is 1.61. The molecule has 0 bridgehead atoms. The molecule has 9 heteroatoms. The van der Waals surface area contributed by atoms with Crippen LogP contribution in [0.2, 0.25) is 0 Å². The number of hydrogen-bond acceptors (Lipinski definition) is 5. The van der Waals surface area contributed by atoms with Crippen LogP contribution in [0.25, 0.3) is 16.7 Å². The fourth-order valence-corrected chi connectivity index (χ4v) is 4.24. The molecule has 1 N–H and O–H groups in total. The zero-order valence-corrected chi connectivity index (χ0v) is 15.8. The second-order valence-electron chi connectivity index (χ2n) is 6.05. The Kier molecular flexibility index (Phi) is 4.49. The maximum absolute atomic E-state index is 12.7. The van der Waals surface area contributed by atoms with E-state index in [1.54, 1.807) is 10.9 Å². The average Bonchev–Trinajstić information content (AvgIpc) is 3.24. The van der Waals surface area contributed by atoms with Gasteiger partial charge >= 0.3 is 6.09 Å². The van der Waals surface area contributed by atoms with E-state index in [2.05, 4.69) is 20.0 Å². The molecule has 0 saturated heterocycles. The van der Waals surface area contributed by atoms with Crippen LogP contribution in [-0.2, 0) is 4.74 Å². The summed E-state index contributed by atoms with van der Waals surface area (Å²) < 4.78 is 8.39. The Bertz CT molecular complexity index is 1030. The normalized spacial score (nSPS) is 16.3. The predicted molar refractivity (Wildman–Crippen MR) is 102 cm³/mol. The molecule has 3 aromatic rings. The molecule has 1 aliphatic heterocycles. The topological polar surface area (TPSA) is 89.3 Å². The van der Waals surface area contributed by atoms with E-state index in [0.29, 0.717) is 20.8 Å². The van der Waals surface area contributed by atoms with E-state index in [0.717, 1.165) is 22.3 Å². The summed E-state index contributed by atoms with van der Waals surface area (Å²) in [6, 6.07) is 7.45. The number of carbonyl (C=O) groups excluding carboxylic acids is 2. The van der Waals surface area contributed by atoms with Crippen molar-refractivity contribution in [3.05, 3.63) is 54.1 Å². The lowest BCUT2D eigenvalue weighted by Gasteiger charge is -2.23. The average molecular weight is 383 g/mol. The van der Waals surface area contributed by atoms with Crippen molar-refractivity contribution in [2.24, 2.45) is 0 Å². The van der Waals surface area contributed by atoms with Crippen molar-refractivity contribution < 1.29 is 14.3 Å². The zero-order valence-electron chi connectivity index (χ0n) is 14.8. The van der Waals surface area contributed by atoms with Gasteiger partial charge in [0, 0.05) is 35.6 Å². The Morgan fingerprint density at radius 1 is 1.37 bits per heavy atom. The van der Waals surface area contributed by atoms with Gasteiger partial charge in [-0.05, 0) is 45.2 Å². The zero-order chi connectivity index (χ0) is 19.0. The number of carbonyl (C=O) groups is 2. The smallest absolute Gasteiger partial charge is 0.406 e. The predicted octanol–water partition coefficient (Wildman–Crippen LogP) is 2.50. The van der Waals surface area contributed by atoms with Gasteiger partial charge in [-0.1, -0.05) is 0 Å². The first-order valence-electron chi connectivity index (χ1n) is 8.38. The second-order valence-corrected chi connectivity index (χ2v) is 6.98. The van der Waals surface area contributed by atoms with Gasteiger partial charge in [0.15, 0.2) is 0 Å². The summed E-state index contributed by atoms with van der Waals surface area (Å²) in [5.74, 6) is -0.0197. The molecule has 2 unspecified atom stereocenters. The Balaban J connectivity index is 1.75. The lowest BCUT2D eigenvalue weighted by Crippen LogP contribution is -2.32. The molecule has 3 heterocycles. The molecule has 0 fully saturated rings. The summed E-state index contributed by atoms with van der Waals surface area (Å²) in [6.07, 6.45) is 4.69. The van der Waals surface area contributed by atoms with Crippen molar-refractivity contribution in [2.45, 2.75) is 6.04 Å². The molecule has 0 saturated carbocycles. The van der Waals surface area contributed by atoms with Crippen LogP contribution < -0.4 is 5.32 Å². The maximum Gasteiger partial charge on any atom is 0.406 e. The Hall–Kier alpha value is -2.99. The minimum atomic E-state index is -0.514. The van der Waals surface area contributed by atoms with Crippen LogP contribution in [0.3, 0.4) is 0 Å². The summed E-state index contributed by atoms with van der Waals surface area (Å²) in [6.45, 7) is 2.25. The van der Waals surface area contributed by atoms with Gasteiger partial charge in [-0.3, -0.25) is 4.79 Å². The lowest BCUT2D eigenvalue weighted by atomic mass is 10.0. The molecule has 0 aliphatic carbocycles. The van der Waals surface area contributed by atoms with Gasteiger partial charge in [0.05, 0.1) is 13.2 Å². The van der Waals surface area contributed by atoms with E-state index in [1.807, 2.05) is 41.7 Å². The van der Waals surface area contributed by atoms with E-state index in [4.69, 9.17) is 0 Å². The van der Waals surface area contributed by atoms with E-state index >= 15 is 0 Å². The highest BCUT2D eigenvalue weighted by Crippen LogP contribution is 2.40. The van der Waals surface area contributed by atoms with Crippen molar-refractivity contribution in [3.8, 4) is 5.69 Å². The molecule has 1 aromatic carbocycles. The SMILES string of the molecule is COC(=O)NCC1c2cc(-n3ccc4cncnc43)ccc2C(=O)N1PC. The van der Waals surface area contributed by atoms with Gasteiger partial charge in [0.25, 0.3) is 5.91 Å². The number of alkyl carbamates (subject to hydrolysis) is 1. The second kappa shape index (κ2) is 6.96. The summed E-state index contributed by atoms with van der Waals surface area (Å²) in [5, 5.41) is 3.65. The van der Waals surface area contributed by atoms with E-state index in [9.17, 15) is 9.59 Å². The van der Waals surface area contributed by atoms with E-state index in [-0.39, 0.29) is 11.9 Å². The Labute approximate surface area is 157 Å². The van der Waals surface area contributed by atoms with Gasteiger partial charge in [-0.2, -0.15) is 0 Å². The number of aromatic nitrogens is 3. The number of fused-ring (bicyclic) bond motifs is 2. The van der Waals surface area contributed by atoms with Gasteiger partial charge in [0.2, 0.25) is 0 Å². The minimum Gasteiger partial charge on any atom is -0.453 e. The van der Waals surface area contributed by atoms with Gasteiger partial charge in [-0.15, -0.1) is 0 Å². The van der Waals surface area contributed by atoms with Crippen LogP contribution in [-0.4, -0.2) is 51.5 Å². The Morgan fingerprint density at radius 2 is 2.22 bits per heavy atom. The molecule has 8 nitrogen and oxygen atoms in total. The van der Waals surface area contributed by atoms with Crippen LogP contribution in [0.5, 0.6) is 0 Å². The quantitative estimate of drug-likeness (QED) is 0.700. The van der Waals surface area contributed by atoms with Crippen molar-refractivity contribution in [1.82, 2.24) is 24.5 Å². The molecule has 2 aromatic heterocycles. The van der Waals surface area contributed by atoms with Crippen molar-refractivity contribution in [2.75, 3.05) is 20.3 Å². The van der Waals surface area contributed by atoms with E-state index in [1.165, 1.54) is 13.4 Å². The molecule has 0 radical (unpaired) electrons. The number of hydrogen-bond donors (Lipinski definition) is 1. The number of ether oxygens (including phenoxy) is 1. The molecule has 4 rings (SSSR count). The van der Waals surface area contributed by atoms with Gasteiger partial charge in [0.1, 0.15) is 12.0 Å². The van der Waals surface area contributed by atoms with Crippen LogP contribution in [0.15, 0.2) is 43.0 Å². The molecular weight excluding hydrogens is 365 g/mol. The Morgan fingerprint density at radius 3 is 3.00 bits per heavy atom. The third kappa shape index (κ3) is 2.92. The first kappa shape index (κ1) is 17.4. The fourth-order valence-electron chi connectivity index (χ4n) is 3.38. The number of amides is 2. The first-order valence-corrected chi connectivity index (χ1v) is 9.83. The summed E-state index contributed by atoms with van der Waals surface area (Å²) >= 11 is 0. The van der Waals surface area contributed by atoms with Crippen LogP contribution in [0.1, 0.15) is 22.0 Å². The lowest BCUT2D eigenvalue weighted by molar-refractivity contribution is 0.0859. The largest absolute Gasteiger partial charge is 0.453 e. The monoisotopic (exact) mass is 383 g/mol.